The Balaban J connectivity index is 2.00. The van der Waals surface area contributed by atoms with Crippen molar-refractivity contribution in [2.75, 3.05) is 6.61 Å². The molecule has 0 radical (unpaired) electrons. The van der Waals surface area contributed by atoms with Crippen LogP contribution >= 0.6 is 11.6 Å². The Hall–Kier alpha value is -1.58. The molecule has 0 amide bonds. The Labute approximate surface area is 117 Å². The molecule has 1 aromatic rings. The van der Waals surface area contributed by atoms with Crippen LogP contribution in [-0.2, 0) is 14.3 Å². The lowest BCUT2D eigenvalue weighted by Gasteiger charge is -2.21. The lowest BCUT2D eigenvalue weighted by atomic mass is 10.1. The van der Waals surface area contributed by atoms with Crippen LogP contribution < -0.4 is 0 Å². The van der Waals surface area contributed by atoms with E-state index in [1.807, 2.05) is 48.6 Å². The minimum atomic E-state index is -0.311. The summed E-state index contributed by atoms with van der Waals surface area (Å²) in [5.74, 6) is -0.311. The number of carbonyl (C=O) groups is 1. The van der Waals surface area contributed by atoms with Crippen molar-refractivity contribution in [3.63, 3.8) is 0 Å². The third kappa shape index (κ3) is 4.23. The van der Waals surface area contributed by atoms with Gasteiger partial charge < -0.3 is 9.47 Å². The molecule has 1 heterocycles. The third-order valence-corrected chi connectivity index (χ3v) is 2.99. The van der Waals surface area contributed by atoms with Gasteiger partial charge in [-0.15, -0.1) is 0 Å². The highest BCUT2D eigenvalue weighted by molar-refractivity contribution is 6.48. The van der Waals surface area contributed by atoms with Gasteiger partial charge in [-0.1, -0.05) is 48.0 Å². The van der Waals surface area contributed by atoms with Crippen molar-refractivity contribution in [2.24, 2.45) is 0 Å². The Kier molecular flexibility index (Phi) is 4.77. The first-order valence-corrected chi connectivity index (χ1v) is 6.43. The second-order valence-electron chi connectivity index (χ2n) is 4.21. The maximum absolute atomic E-state index is 10.8. The highest BCUT2D eigenvalue weighted by Gasteiger charge is 2.17. The molecule has 4 heteroatoms. The van der Waals surface area contributed by atoms with E-state index in [1.165, 1.54) is 6.92 Å². The van der Waals surface area contributed by atoms with Crippen molar-refractivity contribution >= 4 is 22.6 Å². The van der Waals surface area contributed by atoms with Gasteiger partial charge in [0.05, 0.1) is 12.7 Å². The van der Waals surface area contributed by atoms with Gasteiger partial charge in [0.25, 0.3) is 0 Å². The highest BCUT2D eigenvalue weighted by atomic mass is 35.5. The molecule has 2 rings (SSSR count). The summed E-state index contributed by atoms with van der Waals surface area (Å²) < 4.78 is 10.6. The van der Waals surface area contributed by atoms with Crippen LogP contribution in [0.15, 0.2) is 48.6 Å². The van der Waals surface area contributed by atoms with Crippen LogP contribution in [0.25, 0.3) is 5.03 Å². The maximum atomic E-state index is 10.8. The summed E-state index contributed by atoms with van der Waals surface area (Å²) in [6, 6.07) is 9.67. The summed E-state index contributed by atoms with van der Waals surface area (Å²) in [6.45, 7) is 1.72. The lowest BCUT2D eigenvalue weighted by Crippen LogP contribution is -2.27. The Morgan fingerprint density at radius 3 is 2.68 bits per heavy atom. The van der Waals surface area contributed by atoms with Crippen molar-refractivity contribution in [2.45, 2.75) is 19.1 Å². The highest BCUT2D eigenvalue weighted by Crippen LogP contribution is 2.21. The Bertz CT molecular complexity index is 493. The summed E-state index contributed by atoms with van der Waals surface area (Å²) >= 11 is 6.22. The smallest absolute Gasteiger partial charge is 0.303 e. The second kappa shape index (κ2) is 6.55. The number of rotatable bonds is 3. The standard InChI is InChI=1S/C15H15ClO3/c1-11(17)19-14-8-7-13(18-10-14)9-15(16)12-5-3-2-4-6-12/h2-9,13-14H,10H2,1H3/b15-9+/t13?,14-/m0/s1. The molecule has 1 aliphatic heterocycles. The molecule has 100 valence electrons. The molecule has 19 heavy (non-hydrogen) atoms. The number of ether oxygens (including phenoxy) is 2. The fraction of sp³-hybridized carbons (Fsp3) is 0.267. The van der Waals surface area contributed by atoms with E-state index in [9.17, 15) is 4.79 Å². The van der Waals surface area contributed by atoms with Crippen LogP contribution in [0.5, 0.6) is 0 Å². The van der Waals surface area contributed by atoms with Gasteiger partial charge in [0, 0.05) is 12.0 Å². The zero-order valence-electron chi connectivity index (χ0n) is 10.6. The monoisotopic (exact) mass is 278 g/mol. The number of carbonyl (C=O) groups excluding carboxylic acids is 1. The number of halogens is 1. The van der Waals surface area contributed by atoms with Gasteiger partial charge in [0.1, 0.15) is 6.10 Å². The van der Waals surface area contributed by atoms with Crippen LogP contribution in [0.3, 0.4) is 0 Å². The predicted molar refractivity (Wildman–Crippen MR) is 74.7 cm³/mol. The lowest BCUT2D eigenvalue weighted by molar-refractivity contribution is -0.147. The normalized spacial score (nSPS) is 23.2. The summed E-state index contributed by atoms with van der Waals surface area (Å²) in [5.41, 5.74) is 0.947. The van der Waals surface area contributed by atoms with E-state index >= 15 is 0 Å². The molecule has 0 aliphatic carbocycles. The number of benzene rings is 1. The van der Waals surface area contributed by atoms with Crippen molar-refractivity contribution in [3.05, 3.63) is 54.1 Å². The molecule has 0 spiro atoms. The van der Waals surface area contributed by atoms with Gasteiger partial charge in [0.2, 0.25) is 0 Å². The minimum absolute atomic E-state index is 0.195. The van der Waals surface area contributed by atoms with Gasteiger partial charge in [-0.05, 0) is 17.7 Å². The molecule has 0 N–H and O–H groups in total. The van der Waals surface area contributed by atoms with E-state index in [2.05, 4.69) is 0 Å². The zero-order valence-corrected chi connectivity index (χ0v) is 11.3. The molecule has 3 nitrogen and oxygen atoms in total. The van der Waals surface area contributed by atoms with E-state index in [0.717, 1.165) is 5.56 Å². The summed E-state index contributed by atoms with van der Waals surface area (Å²) in [6.07, 6.45) is 4.98. The van der Waals surface area contributed by atoms with Crippen LogP contribution in [0.1, 0.15) is 12.5 Å². The minimum Gasteiger partial charge on any atom is -0.456 e. The molecular weight excluding hydrogens is 264 g/mol. The van der Waals surface area contributed by atoms with Crippen molar-refractivity contribution in [1.29, 1.82) is 0 Å². The van der Waals surface area contributed by atoms with Crippen molar-refractivity contribution in [3.8, 4) is 0 Å². The fourth-order valence-corrected chi connectivity index (χ4v) is 2.03. The van der Waals surface area contributed by atoms with E-state index < -0.39 is 0 Å². The van der Waals surface area contributed by atoms with Gasteiger partial charge in [-0.2, -0.15) is 0 Å². The maximum Gasteiger partial charge on any atom is 0.303 e. The molecule has 1 aliphatic rings. The van der Waals surface area contributed by atoms with Gasteiger partial charge in [0.15, 0.2) is 0 Å². The first kappa shape index (κ1) is 13.8. The molecule has 0 bridgehead atoms. The van der Waals surface area contributed by atoms with Crippen LogP contribution in [0.4, 0.5) is 0 Å². The molecule has 0 fully saturated rings. The molecule has 0 saturated heterocycles. The molecular formula is C15H15ClO3. The first-order valence-electron chi connectivity index (χ1n) is 6.05. The Morgan fingerprint density at radius 2 is 2.11 bits per heavy atom. The quantitative estimate of drug-likeness (QED) is 0.629. The summed E-state index contributed by atoms with van der Waals surface area (Å²) in [4.78, 5) is 10.8. The van der Waals surface area contributed by atoms with E-state index in [-0.39, 0.29) is 18.2 Å². The van der Waals surface area contributed by atoms with Crippen LogP contribution in [0.2, 0.25) is 0 Å². The average molecular weight is 279 g/mol. The fourth-order valence-electron chi connectivity index (χ4n) is 1.78. The van der Waals surface area contributed by atoms with Crippen molar-refractivity contribution < 1.29 is 14.3 Å². The topological polar surface area (TPSA) is 35.5 Å². The molecule has 0 saturated carbocycles. The first-order chi connectivity index (χ1) is 9.15. The van der Waals surface area contributed by atoms with Gasteiger partial charge in [-0.25, -0.2) is 0 Å². The number of esters is 1. The summed E-state index contributed by atoms with van der Waals surface area (Å²) in [5, 5.41) is 0.640. The molecule has 1 aromatic carbocycles. The predicted octanol–water partition coefficient (Wildman–Crippen LogP) is 3.15. The zero-order chi connectivity index (χ0) is 13.7. The van der Waals surface area contributed by atoms with Gasteiger partial charge in [-0.3, -0.25) is 4.79 Å². The van der Waals surface area contributed by atoms with Gasteiger partial charge >= 0.3 is 5.97 Å². The second-order valence-corrected chi connectivity index (χ2v) is 4.62. The largest absolute Gasteiger partial charge is 0.456 e. The number of hydrogen-bond acceptors (Lipinski definition) is 3. The third-order valence-electron chi connectivity index (χ3n) is 2.65. The van der Waals surface area contributed by atoms with E-state index in [1.54, 1.807) is 0 Å². The van der Waals surface area contributed by atoms with Crippen LogP contribution in [0, 0.1) is 0 Å². The SMILES string of the molecule is CC(=O)O[C@H]1C=CC(/C=C(/Cl)c2ccccc2)OC1. The average Bonchev–Trinajstić information content (AvgIpc) is 2.41. The number of hydrogen-bond donors (Lipinski definition) is 0. The van der Waals surface area contributed by atoms with Crippen LogP contribution in [-0.4, -0.2) is 24.8 Å². The molecule has 0 aromatic heterocycles. The summed E-state index contributed by atoms with van der Waals surface area (Å²) in [7, 11) is 0. The Morgan fingerprint density at radius 1 is 1.37 bits per heavy atom. The van der Waals surface area contributed by atoms with E-state index in [4.69, 9.17) is 21.1 Å². The van der Waals surface area contributed by atoms with E-state index in [0.29, 0.717) is 11.6 Å². The molecule has 1 unspecified atom stereocenters. The molecule has 2 atom stereocenters. The van der Waals surface area contributed by atoms with Crippen molar-refractivity contribution in [1.82, 2.24) is 0 Å².